The van der Waals surface area contributed by atoms with E-state index in [2.05, 4.69) is 39.8 Å². The minimum atomic E-state index is -0.151. The first-order valence-electron chi connectivity index (χ1n) is 9.18. The van der Waals surface area contributed by atoms with E-state index in [-0.39, 0.29) is 11.7 Å². The molecule has 2 heterocycles. The minimum absolute atomic E-state index is 0.151. The fourth-order valence-corrected chi connectivity index (χ4v) is 4.62. The van der Waals surface area contributed by atoms with Gasteiger partial charge in [-0.1, -0.05) is 6.08 Å². The molecular weight excluding hydrogens is 424 g/mol. The van der Waals surface area contributed by atoms with Crippen molar-refractivity contribution in [3.05, 3.63) is 57.2 Å². The van der Waals surface area contributed by atoms with Gasteiger partial charge in [0.25, 0.3) is 0 Å². The highest BCUT2D eigenvalue weighted by Gasteiger charge is 2.30. The van der Waals surface area contributed by atoms with Gasteiger partial charge in [0.1, 0.15) is 5.75 Å². The van der Waals surface area contributed by atoms with Crippen LogP contribution in [-0.4, -0.2) is 44.0 Å². The van der Waals surface area contributed by atoms with Crippen molar-refractivity contribution in [3.63, 3.8) is 0 Å². The molecule has 0 bridgehead atoms. The molecule has 0 fully saturated rings. The average molecular weight is 449 g/mol. The number of hydrogen-bond donors (Lipinski definition) is 1. The highest BCUT2D eigenvalue weighted by atomic mass is 79.9. The van der Waals surface area contributed by atoms with Crippen LogP contribution in [0.1, 0.15) is 34.0 Å². The molecule has 0 amide bonds. The zero-order valence-corrected chi connectivity index (χ0v) is 17.9. The van der Waals surface area contributed by atoms with Crippen LogP contribution in [-0.2, 0) is 0 Å². The molecule has 0 radical (unpaired) electrons. The van der Waals surface area contributed by atoms with Gasteiger partial charge in [0.2, 0.25) is 0 Å². The third kappa shape index (κ3) is 5.21. The van der Waals surface area contributed by atoms with Crippen LogP contribution < -0.4 is 10.1 Å². The van der Waals surface area contributed by atoms with E-state index in [1.165, 1.54) is 11.3 Å². The smallest absolute Gasteiger partial charge is 0.182 e. The quantitative estimate of drug-likeness (QED) is 0.308. The summed E-state index contributed by atoms with van der Waals surface area (Å²) in [6.45, 7) is 7.03. The van der Waals surface area contributed by atoms with Gasteiger partial charge in [-0.15, -0.1) is 17.9 Å². The van der Waals surface area contributed by atoms with E-state index in [1.807, 2.05) is 36.4 Å². The summed E-state index contributed by atoms with van der Waals surface area (Å²) in [6.07, 6.45) is 4.01. The number of nitrogens with one attached hydrogen (secondary N) is 1. The second-order valence-corrected chi connectivity index (χ2v) is 9.22. The van der Waals surface area contributed by atoms with Gasteiger partial charge in [-0.05, 0) is 78.3 Å². The molecule has 2 aromatic rings. The van der Waals surface area contributed by atoms with Crippen LogP contribution in [0.5, 0.6) is 5.75 Å². The SMILES string of the molecule is C=CCN(C)CCCCOc1ccc2c(c1)C(C(=O)c1ccc(Br)s1)CN2. The number of fused-ring (bicyclic) bond motifs is 1. The van der Waals surface area contributed by atoms with Crippen molar-refractivity contribution in [2.24, 2.45) is 0 Å². The number of rotatable bonds is 10. The number of carbonyl (C=O) groups is 1. The molecule has 0 spiro atoms. The van der Waals surface area contributed by atoms with Gasteiger partial charge in [-0.3, -0.25) is 4.79 Å². The summed E-state index contributed by atoms with van der Waals surface area (Å²) < 4.78 is 6.91. The molecule has 1 aromatic heterocycles. The number of unbranched alkanes of at least 4 members (excludes halogenated alkanes) is 1. The second kappa shape index (κ2) is 9.53. The average Bonchev–Trinajstić information content (AvgIpc) is 3.27. The maximum absolute atomic E-state index is 12.8. The van der Waals surface area contributed by atoms with E-state index < -0.39 is 0 Å². The summed E-state index contributed by atoms with van der Waals surface area (Å²) in [5.41, 5.74) is 2.06. The fraction of sp³-hybridized carbons (Fsp3) is 0.381. The summed E-state index contributed by atoms with van der Waals surface area (Å²) in [6, 6.07) is 9.82. The van der Waals surface area contributed by atoms with Crippen LogP contribution in [0, 0.1) is 0 Å². The van der Waals surface area contributed by atoms with Crippen molar-refractivity contribution in [1.29, 1.82) is 0 Å². The predicted octanol–water partition coefficient (Wildman–Crippen LogP) is 5.18. The number of anilines is 1. The van der Waals surface area contributed by atoms with E-state index in [1.54, 1.807) is 0 Å². The van der Waals surface area contributed by atoms with Crippen LogP contribution in [0.25, 0.3) is 0 Å². The normalized spacial score (nSPS) is 15.4. The van der Waals surface area contributed by atoms with Gasteiger partial charge in [-0.25, -0.2) is 0 Å². The van der Waals surface area contributed by atoms with Crippen LogP contribution in [0.2, 0.25) is 0 Å². The molecule has 4 nitrogen and oxygen atoms in total. The zero-order chi connectivity index (χ0) is 19.2. The van der Waals surface area contributed by atoms with Crippen LogP contribution in [0.3, 0.4) is 0 Å². The lowest BCUT2D eigenvalue weighted by Crippen LogP contribution is -2.19. The summed E-state index contributed by atoms with van der Waals surface area (Å²) in [4.78, 5) is 15.9. The summed E-state index contributed by atoms with van der Waals surface area (Å²) in [5, 5.41) is 3.34. The van der Waals surface area contributed by atoms with Crippen LogP contribution >= 0.6 is 27.3 Å². The maximum Gasteiger partial charge on any atom is 0.182 e. The Balaban J connectivity index is 1.56. The summed E-state index contributed by atoms with van der Waals surface area (Å²) in [5.74, 6) is 0.850. The van der Waals surface area contributed by atoms with Crippen molar-refractivity contribution in [1.82, 2.24) is 4.90 Å². The van der Waals surface area contributed by atoms with Crippen molar-refractivity contribution in [3.8, 4) is 5.75 Å². The molecule has 3 rings (SSSR count). The van der Waals surface area contributed by atoms with Gasteiger partial charge >= 0.3 is 0 Å². The number of likely N-dealkylation sites (N-methyl/N-ethyl adjacent to an activating group) is 1. The molecule has 1 aromatic carbocycles. The number of ketones is 1. The largest absolute Gasteiger partial charge is 0.494 e. The number of hydrogen-bond acceptors (Lipinski definition) is 5. The number of ether oxygens (including phenoxy) is 1. The van der Waals surface area contributed by atoms with Gasteiger partial charge in [0.05, 0.1) is 21.2 Å². The number of thiophene rings is 1. The van der Waals surface area contributed by atoms with E-state index in [4.69, 9.17) is 4.74 Å². The Kier molecular flexibility index (Phi) is 7.10. The Hall–Kier alpha value is -1.63. The lowest BCUT2D eigenvalue weighted by atomic mass is 9.95. The molecule has 6 heteroatoms. The molecular formula is C21H25BrN2O2S. The Morgan fingerprint density at radius 2 is 2.26 bits per heavy atom. The van der Waals surface area contributed by atoms with E-state index in [9.17, 15) is 4.79 Å². The molecule has 1 aliphatic rings. The highest BCUT2D eigenvalue weighted by Crippen LogP contribution is 2.37. The van der Waals surface area contributed by atoms with Crippen molar-refractivity contribution in [2.75, 3.05) is 38.6 Å². The van der Waals surface area contributed by atoms with Gasteiger partial charge in [0.15, 0.2) is 5.78 Å². The second-order valence-electron chi connectivity index (χ2n) is 6.76. The monoisotopic (exact) mass is 448 g/mol. The van der Waals surface area contributed by atoms with Crippen molar-refractivity contribution < 1.29 is 9.53 Å². The summed E-state index contributed by atoms with van der Waals surface area (Å²) >= 11 is 4.92. The Bertz CT molecular complexity index is 805. The molecule has 27 heavy (non-hydrogen) atoms. The molecule has 0 saturated carbocycles. The summed E-state index contributed by atoms with van der Waals surface area (Å²) in [7, 11) is 2.10. The third-order valence-corrected chi connectivity index (χ3v) is 6.31. The van der Waals surface area contributed by atoms with Gasteiger partial charge in [-0.2, -0.15) is 0 Å². The zero-order valence-electron chi connectivity index (χ0n) is 15.5. The first kappa shape index (κ1) is 20.1. The fourth-order valence-electron chi connectivity index (χ4n) is 3.24. The van der Waals surface area contributed by atoms with Crippen molar-refractivity contribution >= 4 is 38.7 Å². The lowest BCUT2D eigenvalue weighted by molar-refractivity contribution is 0.0970. The minimum Gasteiger partial charge on any atom is -0.494 e. The standard InChI is InChI=1S/C21H25BrN2O2S/c1-3-10-24(2)11-4-5-12-26-15-6-7-18-16(13-15)17(14-23-18)21(25)19-8-9-20(22)27-19/h3,6-9,13,17,23H,1,4-5,10-12,14H2,2H3. The van der Waals surface area contributed by atoms with Crippen molar-refractivity contribution in [2.45, 2.75) is 18.8 Å². The molecule has 1 aliphatic heterocycles. The first-order chi connectivity index (χ1) is 13.1. The molecule has 144 valence electrons. The first-order valence-corrected chi connectivity index (χ1v) is 10.8. The number of benzene rings is 1. The molecule has 0 saturated heterocycles. The highest BCUT2D eigenvalue weighted by molar-refractivity contribution is 9.11. The lowest BCUT2D eigenvalue weighted by Gasteiger charge is -2.14. The topological polar surface area (TPSA) is 41.6 Å². The third-order valence-electron chi connectivity index (χ3n) is 4.67. The number of halogens is 1. The molecule has 1 unspecified atom stereocenters. The molecule has 0 aliphatic carbocycles. The maximum atomic E-state index is 12.8. The Labute approximate surface area is 173 Å². The predicted molar refractivity (Wildman–Crippen MR) is 116 cm³/mol. The van der Waals surface area contributed by atoms with E-state index >= 15 is 0 Å². The van der Waals surface area contributed by atoms with E-state index in [0.29, 0.717) is 13.2 Å². The number of nitrogens with zero attached hydrogens (tertiary/aromatic N) is 1. The number of carbonyl (C=O) groups excluding carboxylic acids is 1. The Morgan fingerprint density at radius 3 is 3.00 bits per heavy atom. The number of Topliss-reactive ketones (excluding diaryl/α,β-unsaturated/α-hetero) is 1. The van der Waals surface area contributed by atoms with E-state index in [0.717, 1.165) is 51.6 Å². The molecule has 1 atom stereocenters. The Morgan fingerprint density at radius 1 is 1.41 bits per heavy atom. The molecule has 1 N–H and O–H groups in total. The van der Waals surface area contributed by atoms with Gasteiger partial charge in [0, 0.05) is 18.8 Å². The van der Waals surface area contributed by atoms with Gasteiger partial charge < -0.3 is 15.0 Å². The van der Waals surface area contributed by atoms with Crippen LogP contribution in [0.15, 0.2) is 46.8 Å². The van der Waals surface area contributed by atoms with Crippen LogP contribution in [0.4, 0.5) is 5.69 Å².